The van der Waals surface area contributed by atoms with Gasteiger partial charge in [-0.2, -0.15) is 0 Å². The van der Waals surface area contributed by atoms with Crippen LogP contribution in [0.2, 0.25) is 0 Å². The average molecular weight is 1900 g/mol. The largest absolute Gasteiger partial charge is 0.514 e. The van der Waals surface area contributed by atoms with E-state index in [-0.39, 0.29) is 48.9 Å². The highest BCUT2D eigenvalue weighted by Gasteiger charge is 2.35. The zero-order valence-electron chi connectivity index (χ0n) is 89.3. The molecule has 21 nitrogen and oxygen atoms in total. The van der Waals surface area contributed by atoms with E-state index in [4.69, 9.17) is 75.8 Å². The van der Waals surface area contributed by atoms with Crippen LogP contribution in [-0.2, 0) is 42.7 Å². The molecule has 7 aromatic rings. The normalized spacial score (nSPS) is 15.7. The fraction of sp³-hybridized carbons (Fsp3) is 0.595. The molecule has 10 rings (SSSR count). The van der Waals surface area contributed by atoms with Gasteiger partial charge in [0.15, 0.2) is 48.8 Å². The molecular formula is C116H174O21. The maximum absolute atomic E-state index is 11.9. The molecule has 9 unspecified atom stereocenters. The fourth-order valence-corrected chi connectivity index (χ4v) is 15.0. The Hall–Kier alpha value is -9.99. The van der Waals surface area contributed by atoms with Crippen molar-refractivity contribution in [1.82, 2.24) is 0 Å². The number of methoxy groups -OCH3 is 2. The molecule has 764 valence electrons. The van der Waals surface area contributed by atoms with Crippen LogP contribution in [0.3, 0.4) is 0 Å². The molecule has 0 aromatic heterocycles. The third kappa shape index (κ3) is 48.0. The van der Waals surface area contributed by atoms with Crippen LogP contribution in [-0.4, -0.2) is 111 Å². The Morgan fingerprint density at radius 2 is 0.657 bits per heavy atom. The molecule has 3 fully saturated rings. The number of ether oxygens (including phenoxy) is 16. The standard InChI is InChI=1S/C18H26O3.C18H28O2.C17H24O3.C16H24O4.2C16H24O3.C15H24O3/c1-4-14(2)15-8-10-16(11-9-15)20-17(19)21-18(3)12-6-5-7-13-18;1-4-14(2)16-10-12-18(13-11-16)20-15(3)19-17-8-6-5-7-9-17;1-4-13(2)14-7-9-15(10-8-14)19-16(18)20-17(3)11-5-6-12-17;1-7-11(2)12-8-9-13(14(10-12)18-6)19-15(17)20-16(3,4)5;1-6-12(2)13-7-9-14(10-8-13)18-11-15(17)19-16(3,4)5;1-6-12(2)13-8-7-9-14(10-13)18-11-15(17)19-16(3,4)5;1-6-11(3)13-8-9-14(15(10-13)16-5)18-12(4)17-7-2/h8-11,14H,4-7,12-13H2,1-3H3;10-15,17H,4-9H2,1-3H3;7-10,13H,4-6,11-12H2,1-3H3;8-11H,7H2,1-6H3;2*7-10,12H,6,11H2,1-5H3;8-12H,6-7H2,1-5H3. The van der Waals surface area contributed by atoms with Crippen LogP contribution in [0, 0.1) is 0 Å². The highest BCUT2D eigenvalue weighted by molar-refractivity contribution is 5.72. The van der Waals surface area contributed by atoms with E-state index in [0.717, 1.165) is 113 Å². The van der Waals surface area contributed by atoms with Crippen molar-refractivity contribution >= 4 is 30.4 Å². The average Bonchev–Trinajstić information content (AvgIpc) is 1.83. The predicted molar refractivity (Wildman–Crippen MR) is 551 cm³/mol. The topological polar surface area (TPSA) is 233 Å². The second-order valence-electron chi connectivity index (χ2n) is 39.9. The van der Waals surface area contributed by atoms with Crippen molar-refractivity contribution in [3.05, 3.63) is 197 Å². The Bertz CT molecular complexity index is 4540. The van der Waals surface area contributed by atoms with Crippen molar-refractivity contribution in [2.24, 2.45) is 0 Å². The van der Waals surface area contributed by atoms with Gasteiger partial charge < -0.3 is 75.8 Å². The third-order valence-corrected chi connectivity index (χ3v) is 24.7. The molecule has 3 saturated carbocycles. The summed E-state index contributed by atoms with van der Waals surface area (Å²) in [5.74, 6) is 8.74. The molecule has 0 saturated heterocycles. The summed E-state index contributed by atoms with van der Waals surface area (Å²) in [6, 6.07) is 51.2. The van der Waals surface area contributed by atoms with Crippen molar-refractivity contribution in [2.75, 3.05) is 34.0 Å². The summed E-state index contributed by atoms with van der Waals surface area (Å²) >= 11 is 0. The van der Waals surface area contributed by atoms with Gasteiger partial charge in [-0.1, -0.05) is 195 Å². The van der Waals surface area contributed by atoms with Crippen molar-refractivity contribution in [2.45, 2.75) is 417 Å². The molecule has 21 heteroatoms. The van der Waals surface area contributed by atoms with E-state index in [1.165, 1.54) is 78.3 Å². The molecule has 0 amide bonds. The van der Waals surface area contributed by atoms with Crippen LogP contribution in [0.5, 0.6) is 51.7 Å². The van der Waals surface area contributed by atoms with Crippen LogP contribution >= 0.6 is 0 Å². The molecule has 0 aliphatic heterocycles. The van der Waals surface area contributed by atoms with Crippen molar-refractivity contribution in [3.63, 3.8) is 0 Å². The summed E-state index contributed by atoms with van der Waals surface area (Å²) in [5, 5.41) is 0. The lowest BCUT2D eigenvalue weighted by Crippen LogP contribution is -2.35. The van der Waals surface area contributed by atoms with Gasteiger partial charge in [0.25, 0.3) is 0 Å². The molecule has 3 aliphatic rings. The van der Waals surface area contributed by atoms with E-state index in [9.17, 15) is 24.0 Å². The third-order valence-electron chi connectivity index (χ3n) is 24.7. The molecule has 0 bridgehead atoms. The lowest BCUT2D eigenvalue weighted by Gasteiger charge is -2.32. The summed E-state index contributed by atoms with van der Waals surface area (Å²) in [7, 11) is 3.21. The van der Waals surface area contributed by atoms with E-state index >= 15 is 0 Å². The minimum Gasteiger partial charge on any atom is -0.493 e. The number of carbonyl (C=O) groups is 5. The molecular weight excluding hydrogens is 1730 g/mol. The van der Waals surface area contributed by atoms with Crippen LogP contribution in [0.4, 0.5) is 14.4 Å². The predicted octanol–water partition coefficient (Wildman–Crippen LogP) is 32.1. The summed E-state index contributed by atoms with van der Waals surface area (Å²) in [6.07, 6.45) is 21.5. The van der Waals surface area contributed by atoms with Gasteiger partial charge in [-0.15, -0.1) is 0 Å². The molecule has 9 atom stereocenters. The Labute approximate surface area is 824 Å². The van der Waals surface area contributed by atoms with Gasteiger partial charge in [0.1, 0.15) is 56.8 Å². The number of esters is 2. The van der Waals surface area contributed by atoms with E-state index in [1.807, 2.05) is 191 Å². The van der Waals surface area contributed by atoms with Crippen molar-refractivity contribution in [3.8, 4) is 51.7 Å². The lowest BCUT2D eigenvalue weighted by molar-refractivity contribution is -0.158. The quantitative estimate of drug-likeness (QED) is 0.0155. The van der Waals surface area contributed by atoms with E-state index in [1.54, 1.807) is 41.1 Å². The minimum atomic E-state index is -0.730. The Morgan fingerprint density at radius 1 is 0.328 bits per heavy atom. The highest BCUT2D eigenvalue weighted by atomic mass is 16.8. The molecule has 0 spiro atoms. The maximum Gasteiger partial charge on any atom is 0.514 e. The zero-order chi connectivity index (χ0) is 102. The van der Waals surface area contributed by atoms with E-state index in [0.29, 0.717) is 88.6 Å². The highest BCUT2D eigenvalue weighted by Crippen LogP contribution is 2.39. The van der Waals surface area contributed by atoms with Gasteiger partial charge >= 0.3 is 30.4 Å². The monoisotopic (exact) mass is 1900 g/mol. The first kappa shape index (κ1) is 119. The number of hydrogen-bond donors (Lipinski definition) is 0. The summed E-state index contributed by atoms with van der Waals surface area (Å²) in [4.78, 5) is 58.5. The number of hydrogen-bond acceptors (Lipinski definition) is 21. The molecule has 0 N–H and O–H groups in total. The van der Waals surface area contributed by atoms with Gasteiger partial charge in [-0.25, -0.2) is 24.0 Å². The van der Waals surface area contributed by atoms with Gasteiger partial charge in [-0.05, 0) is 371 Å². The smallest absolute Gasteiger partial charge is 0.493 e. The number of carbonyl (C=O) groups excluding carboxylic acids is 5. The Balaban J connectivity index is 0.000000334. The Kier molecular flexibility index (Phi) is 53.5. The summed E-state index contributed by atoms with van der Waals surface area (Å²) < 4.78 is 86.6. The van der Waals surface area contributed by atoms with E-state index < -0.39 is 35.3 Å². The molecule has 7 aromatic carbocycles. The van der Waals surface area contributed by atoms with Crippen molar-refractivity contribution < 1.29 is 99.8 Å². The summed E-state index contributed by atoms with van der Waals surface area (Å²) in [6.45, 7) is 57.2. The van der Waals surface area contributed by atoms with Crippen LogP contribution in [0.25, 0.3) is 0 Å². The first-order valence-corrected chi connectivity index (χ1v) is 50.6. The summed E-state index contributed by atoms with van der Waals surface area (Å²) in [5.41, 5.74) is 6.61. The SMILES string of the molecule is CCC(C)c1ccc(OC(=O)OC(C)(C)C)c(OC)c1.CCC(C)c1ccc(OC(=O)OC2(C)CCCC2)cc1.CCC(C)c1ccc(OC(=O)OC2(C)CCCCC2)cc1.CCC(C)c1ccc(OC(C)OC2CCCCC2)cc1.CCC(C)c1ccc(OCC(=O)OC(C)(C)C)cc1.CCC(C)c1cccc(OCC(=O)OC(C)(C)C)c1.CCOC(C)Oc1ccc(C(C)CC)cc1OC. The van der Waals surface area contributed by atoms with Gasteiger partial charge in [0.2, 0.25) is 0 Å². The number of benzene rings is 7. The van der Waals surface area contributed by atoms with Crippen LogP contribution in [0.1, 0.15) is 409 Å². The van der Waals surface area contributed by atoms with Crippen LogP contribution in [0.15, 0.2) is 158 Å². The van der Waals surface area contributed by atoms with Crippen LogP contribution < -0.4 is 42.6 Å². The molecule has 3 aliphatic carbocycles. The fourth-order valence-electron chi connectivity index (χ4n) is 15.0. The molecule has 137 heavy (non-hydrogen) atoms. The first-order chi connectivity index (χ1) is 64.7. The van der Waals surface area contributed by atoms with Gasteiger partial charge in [0, 0.05) is 6.61 Å². The molecule has 0 radical (unpaired) electrons. The van der Waals surface area contributed by atoms with E-state index in [2.05, 4.69) is 133 Å². The lowest BCUT2D eigenvalue weighted by atomic mass is 9.86. The zero-order valence-corrected chi connectivity index (χ0v) is 89.3. The Morgan fingerprint density at radius 3 is 1.03 bits per heavy atom. The van der Waals surface area contributed by atoms with Gasteiger partial charge in [0.05, 0.1) is 20.3 Å². The second-order valence-corrected chi connectivity index (χ2v) is 39.9. The van der Waals surface area contributed by atoms with Gasteiger partial charge in [-0.3, -0.25) is 0 Å². The molecule has 0 heterocycles. The maximum atomic E-state index is 11.9. The van der Waals surface area contributed by atoms with Crippen molar-refractivity contribution in [1.29, 1.82) is 0 Å². The number of rotatable bonds is 35. The second kappa shape index (κ2) is 61.5. The first-order valence-electron chi connectivity index (χ1n) is 50.6. The minimum absolute atomic E-state index is 0.0543.